The number of benzene rings is 1. The van der Waals surface area contributed by atoms with Gasteiger partial charge >= 0.3 is 0 Å². The molecule has 1 atom stereocenters. The number of hydrogen-bond acceptors (Lipinski definition) is 5. The molecule has 3 rings (SSSR count). The predicted molar refractivity (Wildman–Crippen MR) is 77.5 cm³/mol. The first-order chi connectivity index (χ1) is 10.7. The number of rotatable bonds is 4. The fraction of sp³-hybridized carbons (Fsp3) is 0.200. The highest BCUT2D eigenvalue weighted by Gasteiger charge is 2.14. The lowest BCUT2D eigenvalue weighted by Crippen LogP contribution is -2.30. The maximum Gasteiger partial charge on any atom is 0.252 e. The van der Waals surface area contributed by atoms with Crippen molar-refractivity contribution in [2.75, 3.05) is 0 Å². The maximum atomic E-state index is 12.0. The molecule has 0 unspecified atom stereocenters. The second kappa shape index (κ2) is 5.69. The minimum atomic E-state index is -0.265. The summed E-state index contributed by atoms with van der Waals surface area (Å²) in [4.78, 5) is 15.7. The molecule has 3 aromatic rings. The van der Waals surface area contributed by atoms with E-state index in [2.05, 4.69) is 15.4 Å². The van der Waals surface area contributed by atoms with E-state index in [1.807, 2.05) is 43.3 Å². The number of carbonyl (C=O) groups excluding carboxylic acids is 1. The number of amides is 1. The molecule has 0 saturated carbocycles. The molecule has 110 valence electrons. The molecule has 0 aliphatic carbocycles. The van der Waals surface area contributed by atoms with Gasteiger partial charge in [-0.05, 0) is 19.1 Å². The summed E-state index contributed by atoms with van der Waals surface area (Å²) in [5.74, 6) is 0.492. The van der Waals surface area contributed by atoms with Gasteiger partial charge in [0, 0.05) is 5.39 Å². The van der Waals surface area contributed by atoms with Gasteiger partial charge in [0.2, 0.25) is 5.91 Å². The molecule has 1 aromatic carbocycles. The Hall–Kier alpha value is -3.14. The molecule has 7 heteroatoms. The molecule has 22 heavy (non-hydrogen) atoms. The van der Waals surface area contributed by atoms with Crippen LogP contribution in [-0.2, 0) is 11.3 Å². The lowest BCUT2D eigenvalue weighted by Gasteiger charge is -2.11. The average molecular weight is 295 g/mol. The first kappa shape index (κ1) is 13.8. The van der Waals surface area contributed by atoms with Crippen LogP contribution in [0, 0.1) is 11.3 Å². The van der Waals surface area contributed by atoms with Gasteiger partial charge in [0.05, 0.1) is 6.04 Å². The van der Waals surface area contributed by atoms with E-state index in [-0.39, 0.29) is 24.3 Å². The van der Waals surface area contributed by atoms with Crippen LogP contribution in [0.4, 0.5) is 0 Å². The van der Waals surface area contributed by atoms with E-state index in [0.717, 1.165) is 11.0 Å². The number of nitrogens with zero attached hydrogens (tertiary/aromatic N) is 4. The van der Waals surface area contributed by atoms with E-state index >= 15 is 0 Å². The third-order valence-corrected chi connectivity index (χ3v) is 3.19. The van der Waals surface area contributed by atoms with Gasteiger partial charge in [0.15, 0.2) is 0 Å². The summed E-state index contributed by atoms with van der Waals surface area (Å²) >= 11 is 0. The van der Waals surface area contributed by atoms with Crippen molar-refractivity contribution in [1.29, 1.82) is 5.26 Å². The smallest absolute Gasteiger partial charge is 0.252 e. The molecule has 7 nitrogen and oxygen atoms in total. The molecule has 2 aromatic heterocycles. The van der Waals surface area contributed by atoms with Crippen LogP contribution >= 0.6 is 0 Å². The Kier molecular flexibility index (Phi) is 3.58. The minimum Gasteiger partial charge on any atom is -0.459 e. The Balaban J connectivity index is 1.66. The monoisotopic (exact) mass is 295 g/mol. The van der Waals surface area contributed by atoms with E-state index < -0.39 is 0 Å². The third-order valence-electron chi connectivity index (χ3n) is 3.19. The zero-order valence-corrected chi connectivity index (χ0v) is 11.9. The normalized spacial score (nSPS) is 12.0. The molecule has 1 N–H and O–H groups in total. The predicted octanol–water partition coefficient (Wildman–Crippen LogP) is 1.77. The number of carbonyl (C=O) groups is 1. The Morgan fingerprint density at radius 3 is 3.05 bits per heavy atom. The van der Waals surface area contributed by atoms with Crippen molar-refractivity contribution in [2.24, 2.45) is 0 Å². The Morgan fingerprint density at radius 2 is 2.32 bits per heavy atom. The summed E-state index contributed by atoms with van der Waals surface area (Å²) in [5, 5.41) is 16.3. The molecule has 1 amide bonds. The quantitative estimate of drug-likeness (QED) is 0.791. The highest BCUT2D eigenvalue weighted by molar-refractivity contribution is 5.79. The molecule has 0 aliphatic heterocycles. The molecular formula is C15H13N5O2. The number of aromatic nitrogens is 3. The van der Waals surface area contributed by atoms with Gasteiger partial charge < -0.3 is 9.73 Å². The van der Waals surface area contributed by atoms with Crippen LogP contribution < -0.4 is 5.32 Å². The number of nitriles is 1. The lowest BCUT2D eigenvalue weighted by atomic mass is 10.2. The highest BCUT2D eigenvalue weighted by Crippen LogP contribution is 2.23. The first-order valence-corrected chi connectivity index (χ1v) is 6.73. The van der Waals surface area contributed by atoms with Gasteiger partial charge in [0.1, 0.15) is 30.3 Å². The summed E-state index contributed by atoms with van der Waals surface area (Å²) in [7, 11) is 0. The van der Waals surface area contributed by atoms with Crippen LogP contribution in [0.25, 0.3) is 11.0 Å². The Bertz CT molecular complexity index is 825. The van der Waals surface area contributed by atoms with Gasteiger partial charge in [-0.1, -0.05) is 18.2 Å². The summed E-state index contributed by atoms with van der Waals surface area (Å²) < 4.78 is 7.03. The molecule has 0 spiro atoms. The van der Waals surface area contributed by atoms with Gasteiger partial charge in [-0.2, -0.15) is 5.26 Å². The summed E-state index contributed by atoms with van der Waals surface area (Å²) in [6, 6.07) is 11.1. The zero-order chi connectivity index (χ0) is 15.5. The molecular weight excluding hydrogens is 282 g/mol. The van der Waals surface area contributed by atoms with Crippen molar-refractivity contribution in [3.8, 4) is 6.07 Å². The fourth-order valence-electron chi connectivity index (χ4n) is 2.14. The van der Waals surface area contributed by atoms with E-state index in [1.165, 1.54) is 11.0 Å². The highest BCUT2D eigenvalue weighted by atomic mass is 16.3. The van der Waals surface area contributed by atoms with E-state index in [1.54, 1.807) is 0 Å². The molecule has 0 fully saturated rings. The zero-order valence-electron chi connectivity index (χ0n) is 11.9. The van der Waals surface area contributed by atoms with Crippen LogP contribution in [-0.4, -0.2) is 20.7 Å². The number of nitrogens with one attached hydrogen (secondary N) is 1. The van der Waals surface area contributed by atoms with Crippen LogP contribution in [0.5, 0.6) is 0 Å². The molecule has 2 heterocycles. The largest absolute Gasteiger partial charge is 0.459 e. The average Bonchev–Trinajstić information content (AvgIpc) is 3.12. The third kappa shape index (κ3) is 2.81. The van der Waals surface area contributed by atoms with E-state index in [4.69, 9.17) is 9.68 Å². The number of para-hydroxylation sites is 1. The maximum absolute atomic E-state index is 12.0. The van der Waals surface area contributed by atoms with E-state index in [9.17, 15) is 4.79 Å². The van der Waals surface area contributed by atoms with Crippen LogP contribution in [0.2, 0.25) is 0 Å². The summed E-state index contributed by atoms with van der Waals surface area (Å²) in [6.07, 6.45) is 1.35. The Labute approximate surface area is 126 Å². The fourth-order valence-corrected chi connectivity index (χ4v) is 2.14. The van der Waals surface area contributed by atoms with Gasteiger partial charge in [-0.3, -0.25) is 4.79 Å². The van der Waals surface area contributed by atoms with E-state index in [0.29, 0.717) is 5.76 Å². The second-order valence-corrected chi connectivity index (χ2v) is 4.85. The summed E-state index contributed by atoms with van der Waals surface area (Å²) in [6.45, 7) is 1.84. The standard InChI is InChI=1S/C15H13N5O2/c1-10(13-6-11-4-2-3-5-12(11)22-13)18-15(21)8-20-9-17-14(7-16)19-20/h2-6,9-10H,8H2,1H3,(H,18,21)/t10-/m1/s1. The lowest BCUT2D eigenvalue weighted by molar-refractivity contribution is -0.122. The van der Waals surface area contributed by atoms with Crippen molar-refractivity contribution in [2.45, 2.75) is 19.5 Å². The van der Waals surface area contributed by atoms with Crippen molar-refractivity contribution in [3.63, 3.8) is 0 Å². The second-order valence-electron chi connectivity index (χ2n) is 4.85. The van der Waals surface area contributed by atoms with Crippen LogP contribution in [0.1, 0.15) is 24.6 Å². The number of hydrogen-bond donors (Lipinski definition) is 1. The Morgan fingerprint density at radius 1 is 1.50 bits per heavy atom. The number of fused-ring (bicyclic) bond motifs is 1. The first-order valence-electron chi connectivity index (χ1n) is 6.73. The topological polar surface area (TPSA) is 96.7 Å². The van der Waals surface area contributed by atoms with Gasteiger partial charge in [-0.15, -0.1) is 5.10 Å². The molecule has 0 radical (unpaired) electrons. The van der Waals surface area contributed by atoms with Crippen molar-refractivity contribution in [1.82, 2.24) is 20.1 Å². The van der Waals surface area contributed by atoms with Crippen molar-refractivity contribution < 1.29 is 9.21 Å². The number of furan rings is 1. The molecule has 0 bridgehead atoms. The summed E-state index contributed by atoms with van der Waals surface area (Å²) in [5.41, 5.74) is 0.786. The SMILES string of the molecule is C[C@@H](NC(=O)Cn1cnc(C#N)n1)c1cc2ccccc2o1. The van der Waals surface area contributed by atoms with Crippen molar-refractivity contribution >= 4 is 16.9 Å². The van der Waals surface area contributed by atoms with Crippen LogP contribution in [0.15, 0.2) is 41.1 Å². The van der Waals surface area contributed by atoms with Crippen molar-refractivity contribution in [3.05, 3.63) is 48.2 Å². The molecule has 0 aliphatic rings. The minimum absolute atomic E-state index is 0.000746. The van der Waals surface area contributed by atoms with Gasteiger partial charge in [-0.25, -0.2) is 9.67 Å². The molecule has 0 saturated heterocycles. The van der Waals surface area contributed by atoms with Crippen LogP contribution in [0.3, 0.4) is 0 Å². The van der Waals surface area contributed by atoms with Gasteiger partial charge in [0.25, 0.3) is 5.82 Å².